The summed E-state index contributed by atoms with van der Waals surface area (Å²) < 4.78 is 6.68. The van der Waals surface area contributed by atoms with E-state index in [0.29, 0.717) is 6.04 Å². The molecule has 1 rings (SSSR count). The molecule has 1 aromatic heterocycles. The van der Waals surface area contributed by atoms with Crippen molar-refractivity contribution in [2.45, 2.75) is 64.8 Å². The molecule has 0 radical (unpaired) electrons. The van der Waals surface area contributed by atoms with Crippen molar-refractivity contribution in [2.75, 3.05) is 6.54 Å². The first-order valence-electron chi connectivity index (χ1n) is 7.25. The fourth-order valence-corrected chi connectivity index (χ4v) is 2.63. The van der Waals surface area contributed by atoms with Crippen LogP contribution in [0.25, 0.3) is 0 Å². The van der Waals surface area contributed by atoms with Crippen LogP contribution in [0.1, 0.15) is 70.6 Å². The minimum atomic E-state index is 0.357. The lowest BCUT2D eigenvalue weighted by Crippen LogP contribution is -2.22. The summed E-state index contributed by atoms with van der Waals surface area (Å²) in [6.45, 7) is 5.50. The van der Waals surface area contributed by atoms with Gasteiger partial charge in [-0.25, -0.2) is 0 Å². The van der Waals surface area contributed by atoms with Crippen molar-refractivity contribution in [1.82, 2.24) is 5.32 Å². The van der Waals surface area contributed by atoms with Crippen molar-refractivity contribution in [3.8, 4) is 0 Å². The van der Waals surface area contributed by atoms with Crippen LogP contribution in [0.15, 0.2) is 21.2 Å². The van der Waals surface area contributed by atoms with Crippen LogP contribution in [0, 0.1) is 0 Å². The first-order valence-corrected chi connectivity index (χ1v) is 8.05. The number of hydrogen-bond acceptors (Lipinski definition) is 2. The van der Waals surface area contributed by atoms with Crippen LogP contribution >= 0.6 is 15.9 Å². The van der Waals surface area contributed by atoms with E-state index in [1.54, 1.807) is 6.26 Å². The van der Waals surface area contributed by atoms with Gasteiger partial charge in [-0.3, -0.25) is 0 Å². The van der Waals surface area contributed by atoms with E-state index in [4.69, 9.17) is 4.42 Å². The van der Waals surface area contributed by atoms with Crippen molar-refractivity contribution >= 4 is 15.9 Å². The Morgan fingerprint density at radius 2 is 1.94 bits per heavy atom. The number of unbranched alkanes of at least 4 members (excludes halogenated alkanes) is 4. The van der Waals surface area contributed by atoms with E-state index in [0.717, 1.165) is 29.6 Å². The van der Waals surface area contributed by atoms with E-state index in [1.165, 1.54) is 32.1 Å². The highest BCUT2D eigenvalue weighted by molar-refractivity contribution is 9.10. The Morgan fingerprint density at radius 1 is 1.17 bits per heavy atom. The van der Waals surface area contributed by atoms with Gasteiger partial charge in [-0.15, -0.1) is 0 Å². The fourth-order valence-electron chi connectivity index (χ4n) is 2.15. The molecule has 0 aliphatic heterocycles. The third-order valence-corrected chi connectivity index (χ3v) is 3.85. The summed E-state index contributed by atoms with van der Waals surface area (Å²) in [5.41, 5.74) is 0. The molecule has 0 fully saturated rings. The summed E-state index contributed by atoms with van der Waals surface area (Å²) in [6.07, 6.45) is 10.7. The van der Waals surface area contributed by atoms with Crippen LogP contribution in [0.5, 0.6) is 0 Å². The summed E-state index contributed by atoms with van der Waals surface area (Å²) in [4.78, 5) is 0. The fraction of sp³-hybridized carbons (Fsp3) is 0.733. The molecular weight excluding hydrogens is 290 g/mol. The molecule has 1 N–H and O–H groups in total. The Balaban J connectivity index is 2.39. The zero-order chi connectivity index (χ0) is 13.2. The van der Waals surface area contributed by atoms with Gasteiger partial charge in [0.2, 0.25) is 0 Å². The van der Waals surface area contributed by atoms with Crippen molar-refractivity contribution in [3.63, 3.8) is 0 Å². The summed E-state index contributed by atoms with van der Waals surface area (Å²) in [7, 11) is 0. The normalized spacial score (nSPS) is 12.8. The molecule has 104 valence electrons. The molecule has 18 heavy (non-hydrogen) atoms. The Hall–Kier alpha value is -0.280. The first-order chi connectivity index (χ1) is 8.79. The van der Waals surface area contributed by atoms with Gasteiger partial charge in [0.15, 0.2) is 0 Å². The van der Waals surface area contributed by atoms with Crippen LogP contribution in [0.4, 0.5) is 0 Å². The molecule has 1 unspecified atom stereocenters. The second kappa shape index (κ2) is 9.62. The summed E-state index contributed by atoms with van der Waals surface area (Å²) in [5.74, 6) is 1.05. The Bertz CT molecular complexity index is 311. The number of furan rings is 1. The van der Waals surface area contributed by atoms with E-state index in [-0.39, 0.29) is 0 Å². The number of hydrogen-bond donors (Lipinski definition) is 1. The van der Waals surface area contributed by atoms with Gasteiger partial charge in [-0.05, 0) is 41.4 Å². The summed E-state index contributed by atoms with van der Waals surface area (Å²) >= 11 is 3.56. The highest BCUT2D eigenvalue weighted by atomic mass is 79.9. The van der Waals surface area contributed by atoms with E-state index < -0.39 is 0 Å². The quantitative estimate of drug-likeness (QED) is 0.581. The lowest BCUT2D eigenvalue weighted by atomic mass is 10.0. The van der Waals surface area contributed by atoms with E-state index in [2.05, 4.69) is 35.1 Å². The number of nitrogens with one attached hydrogen (secondary N) is 1. The predicted octanol–water partition coefficient (Wildman–Crippen LogP) is 5.44. The zero-order valence-corrected chi connectivity index (χ0v) is 13.3. The summed E-state index contributed by atoms with van der Waals surface area (Å²) in [5, 5.41) is 3.58. The average molecular weight is 316 g/mol. The molecule has 0 saturated heterocycles. The third-order valence-electron chi connectivity index (χ3n) is 3.20. The lowest BCUT2D eigenvalue weighted by Gasteiger charge is -2.16. The number of rotatable bonds is 10. The number of halogens is 1. The molecule has 0 spiro atoms. The smallest absolute Gasteiger partial charge is 0.134 e. The molecule has 0 aliphatic rings. The van der Waals surface area contributed by atoms with Gasteiger partial charge in [0.1, 0.15) is 5.76 Å². The maximum Gasteiger partial charge on any atom is 0.134 e. The average Bonchev–Trinajstić information content (AvgIpc) is 2.79. The molecule has 0 amide bonds. The van der Waals surface area contributed by atoms with Crippen LogP contribution in [0.2, 0.25) is 0 Å². The second-order valence-electron chi connectivity index (χ2n) is 4.84. The summed E-state index contributed by atoms with van der Waals surface area (Å²) in [6, 6.07) is 2.34. The molecule has 1 heterocycles. The monoisotopic (exact) mass is 315 g/mol. The minimum Gasteiger partial charge on any atom is -0.466 e. The van der Waals surface area contributed by atoms with Gasteiger partial charge >= 0.3 is 0 Å². The van der Waals surface area contributed by atoms with Crippen molar-refractivity contribution < 1.29 is 4.42 Å². The second-order valence-corrected chi connectivity index (χ2v) is 5.70. The van der Waals surface area contributed by atoms with Gasteiger partial charge in [-0.1, -0.05) is 46.0 Å². The molecular formula is C15H26BrNO. The molecule has 0 saturated carbocycles. The molecule has 0 aliphatic carbocycles. The Morgan fingerprint density at radius 3 is 2.56 bits per heavy atom. The molecule has 1 atom stereocenters. The van der Waals surface area contributed by atoms with Gasteiger partial charge in [0.05, 0.1) is 16.8 Å². The topological polar surface area (TPSA) is 25.2 Å². The molecule has 1 aromatic rings. The molecule has 0 bridgehead atoms. The van der Waals surface area contributed by atoms with Gasteiger partial charge < -0.3 is 9.73 Å². The Kier molecular flexibility index (Phi) is 8.44. The zero-order valence-electron chi connectivity index (χ0n) is 11.7. The standard InChI is InChI=1S/C15H26BrNO/c1-3-5-6-7-8-9-14(17-11-4-2)15-13(16)10-12-18-15/h10,12,14,17H,3-9,11H2,1-2H3. The van der Waals surface area contributed by atoms with E-state index >= 15 is 0 Å². The molecule has 2 nitrogen and oxygen atoms in total. The third kappa shape index (κ3) is 5.57. The van der Waals surface area contributed by atoms with Gasteiger partial charge in [0, 0.05) is 0 Å². The van der Waals surface area contributed by atoms with Gasteiger partial charge in [-0.2, -0.15) is 0 Å². The molecule has 3 heteroatoms. The van der Waals surface area contributed by atoms with Crippen molar-refractivity contribution in [2.24, 2.45) is 0 Å². The Labute approximate surface area is 120 Å². The van der Waals surface area contributed by atoms with Crippen LogP contribution in [-0.2, 0) is 0 Å². The first kappa shape index (κ1) is 15.8. The lowest BCUT2D eigenvalue weighted by molar-refractivity contribution is 0.382. The largest absolute Gasteiger partial charge is 0.466 e. The maximum absolute atomic E-state index is 5.59. The van der Waals surface area contributed by atoms with Crippen molar-refractivity contribution in [1.29, 1.82) is 0 Å². The van der Waals surface area contributed by atoms with E-state index in [1.807, 2.05) is 6.07 Å². The van der Waals surface area contributed by atoms with Crippen LogP contribution in [-0.4, -0.2) is 6.54 Å². The predicted molar refractivity (Wildman–Crippen MR) is 80.8 cm³/mol. The van der Waals surface area contributed by atoms with E-state index in [9.17, 15) is 0 Å². The van der Waals surface area contributed by atoms with Crippen LogP contribution < -0.4 is 5.32 Å². The maximum atomic E-state index is 5.59. The SMILES string of the molecule is CCCCCCCC(NCCC)c1occc1Br. The highest BCUT2D eigenvalue weighted by Crippen LogP contribution is 2.28. The highest BCUT2D eigenvalue weighted by Gasteiger charge is 2.16. The van der Waals surface area contributed by atoms with Gasteiger partial charge in [0.25, 0.3) is 0 Å². The minimum absolute atomic E-state index is 0.357. The molecule has 0 aromatic carbocycles. The van der Waals surface area contributed by atoms with Crippen LogP contribution in [0.3, 0.4) is 0 Å². The van der Waals surface area contributed by atoms with Crippen molar-refractivity contribution in [3.05, 3.63) is 22.6 Å².